The molecule has 1 heterocycles. The van der Waals surface area contributed by atoms with Crippen molar-refractivity contribution in [3.8, 4) is 0 Å². The summed E-state index contributed by atoms with van der Waals surface area (Å²) in [5.41, 5.74) is 0.628. The Hall–Kier alpha value is -0.410. The molecule has 17 heavy (non-hydrogen) atoms. The van der Waals surface area contributed by atoms with E-state index >= 15 is 0 Å². The maximum absolute atomic E-state index is 5.74. The Morgan fingerprint density at radius 3 is 2.76 bits per heavy atom. The van der Waals surface area contributed by atoms with Crippen LogP contribution in [0.15, 0.2) is 16.5 Å². The van der Waals surface area contributed by atoms with Gasteiger partial charge in [-0.05, 0) is 43.1 Å². The van der Waals surface area contributed by atoms with Gasteiger partial charge in [-0.3, -0.25) is 0 Å². The lowest BCUT2D eigenvalue weighted by Crippen LogP contribution is -2.23. The first-order valence-corrected chi connectivity index (χ1v) is 7.95. The highest BCUT2D eigenvalue weighted by atomic mass is 32.2. The molecule has 1 N–H and O–H groups in total. The minimum atomic E-state index is 0.628. The van der Waals surface area contributed by atoms with Gasteiger partial charge < -0.3 is 9.73 Å². The maximum Gasteiger partial charge on any atom is 0.118 e. The topological polar surface area (TPSA) is 25.2 Å². The van der Waals surface area contributed by atoms with Crippen molar-refractivity contribution < 1.29 is 4.42 Å². The Morgan fingerprint density at radius 2 is 2.12 bits per heavy atom. The van der Waals surface area contributed by atoms with E-state index in [0.717, 1.165) is 30.4 Å². The molecule has 0 spiro atoms. The average Bonchev–Trinajstić information content (AvgIpc) is 2.92. The fourth-order valence-electron chi connectivity index (χ4n) is 2.41. The van der Waals surface area contributed by atoms with Crippen LogP contribution in [0.3, 0.4) is 0 Å². The van der Waals surface area contributed by atoms with Crippen molar-refractivity contribution in [1.82, 2.24) is 5.32 Å². The third-order valence-corrected chi connectivity index (χ3v) is 4.11. The lowest BCUT2D eigenvalue weighted by atomic mass is 10.0. The minimum Gasteiger partial charge on any atom is -0.464 e. The summed E-state index contributed by atoms with van der Waals surface area (Å²) in [5.74, 6) is 3.13. The molecule has 1 aromatic heterocycles. The predicted molar refractivity (Wildman–Crippen MR) is 74.2 cm³/mol. The molecule has 0 bridgehead atoms. The minimum absolute atomic E-state index is 0.628. The van der Waals surface area contributed by atoms with Crippen LogP contribution in [-0.4, -0.2) is 12.8 Å². The standard InChI is InChI=1S/C14H23NOS/c1-3-6-14(7-8-14)11-15-9-12-4-5-13(16-12)10-17-2/h4-5,15H,3,6-11H2,1-2H3. The van der Waals surface area contributed by atoms with Crippen LogP contribution in [0.2, 0.25) is 0 Å². The summed E-state index contributed by atoms with van der Waals surface area (Å²) < 4.78 is 5.74. The smallest absolute Gasteiger partial charge is 0.118 e. The van der Waals surface area contributed by atoms with Crippen LogP contribution in [0, 0.1) is 5.41 Å². The van der Waals surface area contributed by atoms with Crippen molar-refractivity contribution in [2.75, 3.05) is 12.8 Å². The maximum atomic E-state index is 5.74. The molecule has 1 fully saturated rings. The molecule has 1 aromatic rings. The van der Waals surface area contributed by atoms with Gasteiger partial charge in [0.1, 0.15) is 11.5 Å². The summed E-state index contributed by atoms with van der Waals surface area (Å²) in [6, 6.07) is 4.18. The molecule has 0 atom stereocenters. The van der Waals surface area contributed by atoms with E-state index in [-0.39, 0.29) is 0 Å². The Bertz CT molecular complexity index is 344. The van der Waals surface area contributed by atoms with Crippen LogP contribution in [0.5, 0.6) is 0 Å². The molecule has 0 aromatic carbocycles. The molecule has 3 heteroatoms. The Labute approximate surface area is 109 Å². The Balaban J connectivity index is 1.70. The molecule has 1 aliphatic carbocycles. The molecule has 0 radical (unpaired) electrons. The van der Waals surface area contributed by atoms with Crippen molar-refractivity contribution in [2.45, 2.75) is 44.9 Å². The lowest BCUT2D eigenvalue weighted by Gasteiger charge is -2.13. The zero-order valence-electron chi connectivity index (χ0n) is 10.9. The molecular weight excluding hydrogens is 230 g/mol. The zero-order chi connectivity index (χ0) is 12.1. The molecule has 1 aliphatic rings. The van der Waals surface area contributed by atoms with Crippen LogP contribution in [0.4, 0.5) is 0 Å². The fraction of sp³-hybridized carbons (Fsp3) is 0.714. The first-order chi connectivity index (χ1) is 8.28. The molecule has 2 nitrogen and oxygen atoms in total. The summed E-state index contributed by atoms with van der Waals surface area (Å²) in [6.07, 6.45) is 7.59. The van der Waals surface area contributed by atoms with Gasteiger partial charge in [0, 0.05) is 6.54 Å². The summed E-state index contributed by atoms with van der Waals surface area (Å²) >= 11 is 1.80. The molecule has 1 saturated carbocycles. The summed E-state index contributed by atoms with van der Waals surface area (Å²) in [6.45, 7) is 4.31. The van der Waals surface area contributed by atoms with Crippen molar-refractivity contribution in [3.05, 3.63) is 23.7 Å². The number of rotatable bonds is 8. The van der Waals surface area contributed by atoms with Crippen LogP contribution in [0.25, 0.3) is 0 Å². The van der Waals surface area contributed by atoms with Crippen molar-refractivity contribution in [1.29, 1.82) is 0 Å². The third-order valence-electron chi connectivity index (χ3n) is 3.54. The van der Waals surface area contributed by atoms with Crippen LogP contribution in [0.1, 0.15) is 44.1 Å². The van der Waals surface area contributed by atoms with Gasteiger partial charge >= 0.3 is 0 Å². The number of furan rings is 1. The molecule has 0 amide bonds. The molecule has 0 aliphatic heterocycles. The van der Waals surface area contributed by atoms with Gasteiger partial charge in [0.2, 0.25) is 0 Å². The highest BCUT2D eigenvalue weighted by Crippen LogP contribution is 2.48. The summed E-state index contributed by atoms with van der Waals surface area (Å²) in [4.78, 5) is 0. The highest BCUT2D eigenvalue weighted by Gasteiger charge is 2.40. The fourth-order valence-corrected chi connectivity index (χ4v) is 2.85. The first kappa shape index (κ1) is 13.0. The van der Waals surface area contributed by atoms with Crippen molar-refractivity contribution >= 4 is 11.8 Å². The number of hydrogen-bond donors (Lipinski definition) is 1. The quantitative estimate of drug-likeness (QED) is 0.762. The molecule has 2 rings (SSSR count). The number of thioether (sulfide) groups is 1. The summed E-state index contributed by atoms with van der Waals surface area (Å²) in [5, 5.41) is 3.54. The van der Waals surface area contributed by atoms with Crippen LogP contribution < -0.4 is 5.32 Å². The van der Waals surface area contributed by atoms with E-state index in [2.05, 4.69) is 30.6 Å². The van der Waals surface area contributed by atoms with E-state index in [1.165, 1.54) is 25.7 Å². The Morgan fingerprint density at radius 1 is 1.35 bits per heavy atom. The molecule has 96 valence electrons. The number of hydrogen-bond acceptors (Lipinski definition) is 3. The van der Waals surface area contributed by atoms with E-state index in [0.29, 0.717) is 5.41 Å². The van der Waals surface area contributed by atoms with Gasteiger partial charge in [-0.25, -0.2) is 0 Å². The largest absolute Gasteiger partial charge is 0.464 e. The van der Waals surface area contributed by atoms with E-state index in [9.17, 15) is 0 Å². The van der Waals surface area contributed by atoms with E-state index in [1.807, 2.05) is 0 Å². The number of nitrogens with one attached hydrogen (secondary N) is 1. The van der Waals surface area contributed by atoms with Crippen LogP contribution in [-0.2, 0) is 12.3 Å². The lowest BCUT2D eigenvalue weighted by molar-refractivity contribution is 0.397. The second kappa shape index (κ2) is 5.96. The summed E-state index contributed by atoms with van der Waals surface area (Å²) in [7, 11) is 0. The van der Waals surface area contributed by atoms with E-state index in [4.69, 9.17) is 4.42 Å². The SMILES string of the molecule is CCCC1(CNCc2ccc(CSC)o2)CC1. The monoisotopic (exact) mass is 253 g/mol. The third kappa shape index (κ3) is 3.78. The second-order valence-electron chi connectivity index (χ2n) is 5.15. The van der Waals surface area contributed by atoms with Gasteiger partial charge in [0.05, 0.1) is 12.3 Å². The van der Waals surface area contributed by atoms with Gasteiger partial charge in [-0.1, -0.05) is 13.3 Å². The van der Waals surface area contributed by atoms with E-state index in [1.54, 1.807) is 11.8 Å². The highest BCUT2D eigenvalue weighted by molar-refractivity contribution is 7.97. The Kier molecular flexibility index (Phi) is 4.57. The van der Waals surface area contributed by atoms with Crippen molar-refractivity contribution in [3.63, 3.8) is 0 Å². The molecule has 0 unspecified atom stereocenters. The average molecular weight is 253 g/mol. The van der Waals surface area contributed by atoms with Crippen LogP contribution >= 0.6 is 11.8 Å². The predicted octanol–water partition coefficient (Wildman–Crippen LogP) is 3.81. The first-order valence-electron chi connectivity index (χ1n) is 6.55. The zero-order valence-corrected chi connectivity index (χ0v) is 11.7. The van der Waals surface area contributed by atoms with Gasteiger partial charge in [0.25, 0.3) is 0 Å². The van der Waals surface area contributed by atoms with E-state index < -0.39 is 0 Å². The second-order valence-corrected chi connectivity index (χ2v) is 6.02. The molecular formula is C14H23NOS. The van der Waals surface area contributed by atoms with Gasteiger partial charge in [-0.2, -0.15) is 11.8 Å². The normalized spacial score (nSPS) is 17.3. The van der Waals surface area contributed by atoms with Gasteiger partial charge in [0.15, 0.2) is 0 Å². The van der Waals surface area contributed by atoms with Crippen molar-refractivity contribution in [2.24, 2.45) is 5.41 Å². The molecule has 0 saturated heterocycles. The van der Waals surface area contributed by atoms with Gasteiger partial charge in [-0.15, -0.1) is 0 Å².